The van der Waals surface area contributed by atoms with Crippen LogP contribution in [-0.4, -0.2) is 93.2 Å². The minimum Gasteiger partial charge on any atom is -0.379 e. The fourth-order valence-corrected chi connectivity index (χ4v) is 4.47. The zero-order chi connectivity index (χ0) is 18.3. The molecule has 2 aliphatic rings. The lowest BCUT2D eigenvalue weighted by Crippen LogP contribution is -2.46. The largest absolute Gasteiger partial charge is 0.379 e. The summed E-state index contributed by atoms with van der Waals surface area (Å²) in [4.78, 5) is 16.8. The van der Waals surface area contributed by atoms with E-state index in [9.17, 15) is 13.2 Å². The molecule has 0 radical (unpaired) electrons. The van der Waals surface area contributed by atoms with Gasteiger partial charge in [0.25, 0.3) is 0 Å². The van der Waals surface area contributed by atoms with Gasteiger partial charge in [-0.25, -0.2) is 12.7 Å². The van der Waals surface area contributed by atoms with E-state index >= 15 is 0 Å². The van der Waals surface area contributed by atoms with E-state index in [0.29, 0.717) is 32.3 Å². The van der Waals surface area contributed by atoms with Crippen LogP contribution in [0.2, 0.25) is 0 Å². The van der Waals surface area contributed by atoms with Gasteiger partial charge in [-0.05, 0) is 25.7 Å². The first-order valence-corrected chi connectivity index (χ1v) is 11.3. The molecule has 0 spiro atoms. The van der Waals surface area contributed by atoms with Crippen molar-refractivity contribution in [2.24, 2.45) is 0 Å². The second kappa shape index (κ2) is 9.85. The molecule has 0 aromatic rings. The van der Waals surface area contributed by atoms with Crippen LogP contribution in [0.15, 0.2) is 0 Å². The van der Waals surface area contributed by atoms with E-state index < -0.39 is 10.0 Å². The first kappa shape index (κ1) is 20.6. The third-order valence-electron chi connectivity index (χ3n) is 5.23. The minimum atomic E-state index is -3.31. The van der Waals surface area contributed by atoms with E-state index in [1.165, 1.54) is 17.0 Å². The van der Waals surface area contributed by atoms with E-state index in [4.69, 9.17) is 4.74 Å². The number of piperidine rings is 1. The van der Waals surface area contributed by atoms with Crippen LogP contribution in [0, 0.1) is 0 Å². The van der Waals surface area contributed by atoms with Gasteiger partial charge in [-0.1, -0.05) is 6.92 Å². The fraction of sp³-hybridized carbons (Fsp3) is 0.941. The van der Waals surface area contributed by atoms with Crippen LogP contribution in [0.1, 0.15) is 39.0 Å². The van der Waals surface area contributed by atoms with Crippen LogP contribution >= 0.6 is 0 Å². The van der Waals surface area contributed by atoms with Gasteiger partial charge in [-0.3, -0.25) is 9.69 Å². The number of hydrogen-bond acceptors (Lipinski definition) is 5. The molecule has 0 bridgehead atoms. The van der Waals surface area contributed by atoms with Gasteiger partial charge in [-0.15, -0.1) is 0 Å². The van der Waals surface area contributed by atoms with Gasteiger partial charge in [0.1, 0.15) is 0 Å². The van der Waals surface area contributed by atoms with Crippen LogP contribution < -0.4 is 0 Å². The van der Waals surface area contributed by atoms with Crippen LogP contribution in [0.3, 0.4) is 0 Å². The number of rotatable bonds is 8. The number of carbonyl (C=O) groups excluding carboxylic acids is 1. The van der Waals surface area contributed by atoms with E-state index in [-0.39, 0.29) is 18.9 Å². The Hall–Kier alpha value is -0.700. The molecule has 146 valence electrons. The highest BCUT2D eigenvalue weighted by atomic mass is 32.2. The van der Waals surface area contributed by atoms with E-state index in [1.54, 1.807) is 0 Å². The summed E-state index contributed by atoms with van der Waals surface area (Å²) in [6.45, 7) is 7.38. The fourth-order valence-electron chi connectivity index (χ4n) is 3.64. The second-order valence-electron chi connectivity index (χ2n) is 7.01. The smallest absolute Gasteiger partial charge is 0.224 e. The van der Waals surface area contributed by atoms with Gasteiger partial charge >= 0.3 is 0 Å². The topological polar surface area (TPSA) is 70.2 Å². The molecule has 1 unspecified atom stereocenters. The van der Waals surface area contributed by atoms with Crippen molar-refractivity contribution in [2.45, 2.75) is 45.1 Å². The Balaban J connectivity index is 1.85. The van der Waals surface area contributed by atoms with Crippen molar-refractivity contribution in [1.82, 2.24) is 14.1 Å². The number of sulfonamides is 1. The predicted octanol–water partition coefficient (Wildman–Crippen LogP) is 0.761. The van der Waals surface area contributed by atoms with Crippen molar-refractivity contribution < 1.29 is 17.9 Å². The zero-order valence-electron chi connectivity index (χ0n) is 15.7. The molecule has 2 saturated heterocycles. The van der Waals surface area contributed by atoms with Crippen LogP contribution in [0.5, 0.6) is 0 Å². The molecular weight excluding hydrogens is 342 g/mol. The molecule has 7 nitrogen and oxygen atoms in total. The van der Waals surface area contributed by atoms with Crippen molar-refractivity contribution >= 4 is 15.9 Å². The lowest BCUT2D eigenvalue weighted by Gasteiger charge is -2.36. The Morgan fingerprint density at radius 2 is 1.88 bits per heavy atom. The Morgan fingerprint density at radius 1 is 1.16 bits per heavy atom. The quantitative estimate of drug-likeness (QED) is 0.626. The number of amides is 1. The summed E-state index contributed by atoms with van der Waals surface area (Å²) in [6, 6.07) is 0.321. The molecule has 25 heavy (non-hydrogen) atoms. The monoisotopic (exact) mass is 375 g/mol. The molecule has 1 amide bonds. The van der Waals surface area contributed by atoms with Gasteiger partial charge in [0.2, 0.25) is 15.9 Å². The highest BCUT2D eigenvalue weighted by molar-refractivity contribution is 7.88. The van der Waals surface area contributed by atoms with Crippen molar-refractivity contribution in [1.29, 1.82) is 0 Å². The van der Waals surface area contributed by atoms with Gasteiger partial charge in [-0.2, -0.15) is 0 Å². The van der Waals surface area contributed by atoms with Crippen molar-refractivity contribution in [2.75, 3.05) is 58.7 Å². The van der Waals surface area contributed by atoms with Crippen LogP contribution in [0.25, 0.3) is 0 Å². The molecule has 2 rings (SSSR count). The molecule has 0 aliphatic carbocycles. The maximum Gasteiger partial charge on any atom is 0.224 e. The summed E-state index contributed by atoms with van der Waals surface area (Å²) in [6.07, 6.45) is 5.76. The van der Waals surface area contributed by atoms with Gasteiger partial charge in [0.15, 0.2) is 0 Å². The first-order chi connectivity index (χ1) is 11.9. The number of ether oxygens (including phenoxy) is 1. The maximum atomic E-state index is 12.6. The third kappa shape index (κ3) is 6.51. The van der Waals surface area contributed by atoms with E-state index in [0.717, 1.165) is 38.9 Å². The summed E-state index contributed by atoms with van der Waals surface area (Å²) in [5.74, 6) is 0.0894. The molecular formula is C17H33N3O4S. The zero-order valence-corrected chi connectivity index (χ0v) is 16.5. The highest BCUT2D eigenvalue weighted by Crippen LogP contribution is 2.20. The number of hydrogen-bond donors (Lipinski definition) is 0. The number of carbonyl (C=O) groups is 1. The average Bonchev–Trinajstić information content (AvgIpc) is 2.61. The summed E-state index contributed by atoms with van der Waals surface area (Å²) < 4.78 is 30.9. The molecule has 0 aromatic heterocycles. The Bertz CT molecular complexity index is 520. The average molecular weight is 376 g/mol. The van der Waals surface area contributed by atoms with E-state index in [2.05, 4.69) is 11.8 Å². The molecule has 2 heterocycles. The van der Waals surface area contributed by atoms with Gasteiger partial charge in [0.05, 0.1) is 19.5 Å². The summed E-state index contributed by atoms with van der Waals surface area (Å²) in [5, 5.41) is 0. The molecule has 8 heteroatoms. The number of morpholine rings is 1. The number of likely N-dealkylation sites (tertiary alicyclic amines) is 1. The Kier molecular flexibility index (Phi) is 8.12. The molecule has 0 aromatic carbocycles. The molecule has 0 saturated carbocycles. The van der Waals surface area contributed by atoms with Crippen molar-refractivity contribution in [3.8, 4) is 0 Å². The van der Waals surface area contributed by atoms with Crippen molar-refractivity contribution in [3.63, 3.8) is 0 Å². The summed E-state index contributed by atoms with van der Waals surface area (Å²) in [5.41, 5.74) is 0. The number of nitrogens with zero attached hydrogens (tertiary/aromatic N) is 3. The second-order valence-corrected chi connectivity index (χ2v) is 8.99. The summed E-state index contributed by atoms with van der Waals surface area (Å²) in [7, 11) is -3.31. The molecule has 2 aliphatic heterocycles. The third-order valence-corrected chi connectivity index (χ3v) is 6.54. The van der Waals surface area contributed by atoms with Crippen LogP contribution in [0.4, 0.5) is 0 Å². The lowest BCUT2D eigenvalue weighted by atomic mass is 9.99. The molecule has 1 atom stereocenters. The SMILES string of the molecule is CCC1CCCCN1C(=O)CCN(CCN1CCOCC1)S(C)(=O)=O. The van der Waals surface area contributed by atoms with Crippen LogP contribution in [-0.2, 0) is 19.6 Å². The molecule has 0 N–H and O–H groups in total. The van der Waals surface area contributed by atoms with Gasteiger partial charge in [0, 0.05) is 51.7 Å². The first-order valence-electron chi connectivity index (χ1n) is 9.46. The highest BCUT2D eigenvalue weighted by Gasteiger charge is 2.26. The summed E-state index contributed by atoms with van der Waals surface area (Å²) >= 11 is 0. The normalized spacial score (nSPS) is 23.2. The van der Waals surface area contributed by atoms with Crippen molar-refractivity contribution in [3.05, 3.63) is 0 Å². The maximum absolute atomic E-state index is 12.6. The standard InChI is InChI=1S/C17H33N3O4S/c1-3-16-6-4-5-8-20(16)17(21)7-9-19(25(2,22)23)11-10-18-12-14-24-15-13-18/h16H,3-15H2,1-2H3. The Morgan fingerprint density at radius 3 is 2.52 bits per heavy atom. The van der Waals surface area contributed by atoms with Gasteiger partial charge < -0.3 is 9.64 Å². The Labute approximate surface area is 152 Å². The van der Waals surface area contributed by atoms with E-state index in [1.807, 2.05) is 4.90 Å². The minimum absolute atomic E-state index is 0.0894. The molecule has 2 fully saturated rings. The predicted molar refractivity (Wildman–Crippen MR) is 97.9 cm³/mol. The lowest BCUT2D eigenvalue weighted by molar-refractivity contribution is -0.135.